The molecule has 4 rings (SSSR count). The van der Waals surface area contributed by atoms with Crippen molar-refractivity contribution in [3.05, 3.63) is 29.6 Å². The number of hydrogen-bond acceptors (Lipinski definition) is 3. The lowest BCUT2D eigenvalue weighted by Crippen LogP contribution is -2.47. The highest BCUT2D eigenvalue weighted by Gasteiger charge is 2.56. The Morgan fingerprint density at radius 2 is 2.00 bits per heavy atom. The molecule has 3 aliphatic rings. The fraction of sp³-hybridized carbons (Fsp3) is 0.688. The summed E-state index contributed by atoms with van der Waals surface area (Å²) in [6.45, 7) is 5.40. The number of epoxide rings is 1. The zero-order chi connectivity index (χ0) is 13.0. The Labute approximate surface area is 115 Å². The number of ether oxygens (including phenoxy) is 1. The highest BCUT2D eigenvalue weighted by Crippen LogP contribution is 2.51. The molecule has 3 saturated heterocycles. The number of aryl methyl sites for hydroxylation is 1. The number of pyridine rings is 1. The Kier molecular flexibility index (Phi) is 2.52. The van der Waals surface area contributed by atoms with Gasteiger partial charge in [-0.25, -0.2) is 0 Å². The van der Waals surface area contributed by atoms with E-state index in [4.69, 9.17) is 9.72 Å². The maximum atomic E-state index is 5.73. The lowest BCUT2D eigenvalue weighted by Gasteiger charge is -2.41. The Bertz CT molecular complexity index is 481. The van der Waals surface area contributed by atoms with Gasteiger partial charge in [-0.3, -0.25) is 9.88 Å². The van der Waals surface area contributed by atoms with Crippen LogP contribution in [-0.2, 0) is 4.74 Å². The third-order valence-corrected chi connectivity index (χ3v) is 5.23. The van der Waals surface area contributed by atoms with Crippen LogP contribution in [0.25, 0.3) is 0 Å². The van der Waals surface area contributed by atoms with Crippen LogP contribution in [0.4, 0.5) is 0 Å². The molecule has 0 amide bonds. The van der Waals surface area contributed by atoms with Crippen molar-refractivity contribution in [1.82, 2.24) is 9.88 Å². The van der Waals surface area contributed by atoms with Gasteiger partial charge in [0.15, 0.2) is 0 Å². The van der Waals surface area contributed by atoms with Crippen LogP contribution in [0.3, 0.4) is 0 Å². The standard InChI is InChI=1S/C16H22N2O/c1-11-4-3-5-15(17-11)12(2)18-13-6-7-14(18)9-16(8-13)10-19-16/h3-5,12-14H,6-10H2,1-2H3. The van der Waals surface area contributed by atoms with E-state index in [1.54, 1.807) is 0 Å². The summed E-state index contributed by atoms with van der Waals surface area (Å²) in [6.07, 6.45) is 5.15. The summed E-state index contributed by atoms with van der Waals surface area (Å²) in [4.78, 5) is 7.44. The summed E-state index contributed by atoms with van der Waals surface area (Å²) >= 11 is 0. The van der Waals surface area contributed by atoms with Crippen molar-refractivity contribution < 1.29 is 4.74 Å². The molecule has 3 nitrogen and oxygen atoms in total. The Balaban J connectivity index is 1.59. The first kappa shape index (κ1) is 11.9. The van der Waals surface area contributed by atoms with E-state index in [0.29, 0.717) is 18.1 Å². The van der Waals surface area contributed by atoms with Gasteiger partial charge in [0.2, 0.25) is 0 Å². The highest BCUT2D eigenvalue weighted by molar-refractivity contribution is 5.16. The minimum absolute atomic E-state index is 0.280. The molecule has 19 heavy (non-hydrogen) atoms. The van der Waals surface area contributed by atoms with E-state index in [1.807, 2.05) is 0 Å². The number of fused-ring (bicyclic) bond motifs is 2. The molecule has 0 N–H and O–H groups in total. The van der Waals surface area contributed by atoms with Crippen molar-refractivity contribution in [2.75, 3.05) is 6.61 Å². The van der Waals surface area contributed by atoms with Crippen LogP contribution in [0.1, 0.15) is 50.0 Å². The predicted octanol–water partition coefficient (Wildman–Crippen LogP) is 2.85. The number of hydrogen-bond donors (Lipinski definition) is 0. The largest absolute Gasteiger partial charge is 0.369 e. The lowest BCUT2D eigenvalue weighted by atomic mass is 9.89. The normalized spacial score (nSPS) is 38.6. The van der Waals surface area contributed by atoms with Crippen molar-refractivity contribution in [1.29, 1.82) is 0 Å². The van der Waals surface area contributed by atoms with Crippen molar-refractivity contribution in [2.24, 2.45) is 0 Å². The molecule has 1 aromatic rings. The maximum Gasteiger partial charge on any atom is 0.0946 e. The average molecular weight is 258 g/mol. The third-order valence-electron chi connectivity index (χ3n) is 5.23. The lowest BCUT2D eigenvalue weighted by molar-refractivity contribution is 0.0476. The smallest absolute Gasteiger partial charge is 0.0946 e. The second-order valence-corrected chi connectivity index (χ2v) is 6.59. The fourth-order valence-corrected chi connectivity index (χ4v) is 4.26. The summed E-state index contributed by atoms with van der Waals surface area (Å²) in [6, 6.07) is 8.24. The number of rotatable bonds is 2. The topological polar surface area (TPSA) is 28.7 Å². The monoisotopic (exact) mass is 258 g/mol. The van der Waals surface area contributed by atoms with E-state index in [-0.39, 0.29) is 5.60 Å². The summed E-state index contributed by atoms with van der Waals surface area (Å²) in [5, 5.41) is 0. The second-order valence-electron chi connectivity index (χ2n) is 6.59. The molecule has 1 aromatic heterocycles. The molecule has 0 aromatic carbocycles. The van der Waals surface area contributed by atoms with Gasteiger partial charge in [-0.15, -0.1) is 0 Å². The summed E-state index contributed by atoms with van der Waals surface area (Å²) in [5.41, 5.74) is 2.63. The molecule has 102 valence electrons. The number of aromatic nitrogens is 1. The van der Waals surface area contributed by atoms with Crippen molar-refractivity contribution >= 4 is 0 Å². The first-order valence-electron chi connectivity index (χ1n) is 7.52. The SMILES string of the molecule is Cc1cccc(C(C)N2C3CCC2CC2(CO2)C3)n1. The van der Waals surface area contributed by atoms with E-state index in [0.717, 1.165) is 12.3 Å². The number of piperidine rings is 1. The molecular weight excluding hydrogens is 236 g/mol. The number of nitrogens with zero attached hydrogens (tertiary/aromatic N) is 2. The maximum absolute atomic E-state index is 5.73. The Morgan fingerprint density at radius 3 is 2.58 bits per heavy atom. The summed E-state index contributed by atoms with van der Waals surface area (Å²) in [7, 11) is 0. The molecule has 0 saturated carbocycles. The van der Waals surface area contributed by atoms with Crippen molar-refractivity contribution in [3.63, 3.8) is 0 Å². The quantitative estimate of drug-likeness (QED) is 0.764. The minimum Gasteiger partial charge on any atom is -0.369 e. The first-order valence-corrected chi connectivity index (χ1v) is 7.52. The van der Waals surface area contributed by atoms with E-state index >= 15 is 0 Å². The zero-order valence-corrected chi connectivity index (χ0v) is 11.8. The molecule has 4 heterocycles. The molecule has 3 heteroatoms. The Hall–Kier alpha value is -0.930. The van der Waals surface area contributed by atoms with Crippen molar-refractivity contribution in [3.8, 4) is 0 Å². The van der Waals surface area contributed by atoms with Gasteiger partial charge >= 0.3 is 0 Å². The minimum atomic E-state index is 0.280. The van der Waals surface area contributed by atoms with Crippen LogP contribution in [0.2, 0.25) is 0 Å². The van der Waals surface area contributed by atoms with Gasteiger partial charge in [0.05, 0.1) is 17.9 Å². The van der Waals surface area contributed by atoms with Gasteiger partial charge in [0, 0.05) is 23.8 Å². The first-order chi connectivity index (χ1) is 9.17. The fourth-order valence-electron chi connectivity index (χ4n) is 4.26. The molecule has 3 fully saturated rings. The predicted molar refractivity (Wildman–Crippen MR) is 74.0 cm³/mol. The van der Waals surface area contributed by atoms with Gasteiger partial charge < -0.3 is 4.74 Å². The molecule has 3 aliphatic heterocycles. The van der Waals surface area contributed by atoms with Crippen LogP contribution in [-0.4, -0.2) is 34.2 Å². The van der Waals surface area contributed by atoms with Gasteiger partial charge in [0.1, 0.15) is 0 Å². The van der Waals surface area contributed by atoms with Crippen molar-refractivity contribution in [2.45, 2.75) is 63.3 Å². The van der Waals surface area contributed by atoms with E-state index < -0.39 is 0 Å². The van der Waals surface area contributed by atoms with Gasteiger partial charge in [-0.1, -0.05) is 6.07 Å². The zero-order valence-electron chi connectivity index (χ0n) is 11.8. The van der Waals surface area contributed by atoms with Gasteiger partial charge in [-0.05, 0) is 51.7 Å². The molecule has 1 spiro atoms. The summed E-state index contributed by atoms with van der Waals surface area (Å²) < 4.78 is 5.73. The van der Waals surface area contributed by atoms with E-state index in [9.17, 15) is 0 Å². The van der Waals surface area contributed by atoms with Crippen LogP contribution < -0.4 is 0 Å². The molecule has 2 bridgehead atoms. The summed E-state index contributed by atoms with van der Waals surface area (Å²) in [5.74, 6) is 0. The van der Waals surface area contributed by atoms with E-state index in [1.165, 1.54) is 31.4 Å². The highest BCUT2D eigenvalue weighted by atomic mass is 16.6. The molecule has 3 unspecified atom stereocenters. The molecule has 0 aliphatic carbocycles. The van der Waals surface area contributed by atoms with Crippen LogP contribution in [0, 0.1) is 6.92 Å². The van der Waals surface area contributed by atoms with Gasteiger partial charge in [-0.2, -0.15) is 0 Å². The second kappa shape index (κ2) is 4.03. The molecule has 0 radical (unpaired) electrons. The average Bonchev–Trinajstić information content (AvgIpc) is 3.08. The molecular formula is C16H22N2O. The van der Waals surface area contributed by atoms with E-state index in [2.05, 4.69) is 36.9 Å². The van der Waals surface area contributed by atoms with Gasteiger partial charge in [0.25, 0.3) is 0 Å². The van der Waals surface area contributed by atoms with Crippen LogP contribution in [0.15, 0.2) is 18.2 Å². The van der Waals surface area contributed by atoms with Crippen LogP contribution >= 0.6 is 0 Å². The Morgan fingerprint density at radius 1 is 1.32 bits per heavy atom. The third kappa shape index (κ3) is 1.91. The van der Waals surface area contributed by atoms with Crippen LogP contribution in [0.5, 0.6) is 0 Å². The molecule has 3 atom stereocenters.